The Bertz CT molecular complexity index is 1250. The number of aryl methyl sites for hydroxylation is 1. The summed E-state index contributed by atoms with van der Waals surface area (Å²) in [6.45, 7) is 3.43. The molecule has 0 aliphatic carbocycles. The molecule has 0 spiro atoms. The van der Waals surface area contributed by atoms with Gasteiger partial charge in [0.2, 0.25) is 5.91 Å². The molecule has 3 amide bonds. The summed E-state index contributed by atoms with van der Waals surface area (Å²) in [5.41, 5.74) is 0.532. The molecule has 14 heteroatoms. The van der Waals surface area contributed by atoms with E-state index >= 15 is 0 Å². The number of carbonyl (C=O) groups is 2. The van der Waals surface area contributed by atoms with Crippen molar-refractivity contribution in [3.63, 3.8) is 0 Å². The minimum absolute atomic E-state index is 0.106. The second-order valence-corrected chi connectivity index (χ2v) is 7.67. The Morgan fingerprint density at radius 1 is 1.11 bits per heavy atom. The molecule has 0 fully saturated rings. The van der Waals surface area contributed by atoms with E-state index in [0.717, 1.165) is 6.08 Å². The van der Waals surface area contributed by atoms with Crippen molar-refractivity contribution >= 4 is 64.0 Å². The third-order valence-electron chi connectivity index (χ3n) is 4.63. The molecule has 0 saturated heterocycles. The van der Waals surface area contributed by atoms with Gasteiger partial charge in [-0.15, -0.1) is 0 Å². The summed E-state index contributed by atoms with van der Waals surface area (Å²) in [5, 5.41) is 12.8. The summed E-state index contributed by atoms with van der Waals surface area (Å²) >= 11 is 12.7. The number of halogens is 2. The van der Waals surface area contributed by atoms with Gasteiger partial charge in [-0.2, -0.15) is 5.10 Å². The van der Waals surface area contributed by atoms with Crippen LogP contribution in [0.4, 0.5) is 33.6 Å². The standard InChI is InChI=1S/C21H22Cl2N8O4/c1-6-16(32)26-11-9-30(2)29-20(11)27-14-8-15(25-10-24-14)31(3)21(33)28-19-17(22)12(34-4)7-13(35-5)18(19)23/h6-10H,1H2,2-5H3,(H,26,32)(H,28,33)(H,24,25,27,29). The molecule has 0 unspecified atom stereocenters. The molecule has 12 nitrogen and oxygen atoms in total. The smallest absolute Gasteiger partial charge is 0.327 e. The highest BCUT2D eigenvalue weighted by molar-refractivity contribution is 6.41. The van der Waals surface area contributed by atoms with Crippen LogP contribution >= 0.6 is 23.2 Å². The lowest BCUT2D eigenvalue weighted by atomic mass is 10.2. The van der Waals surface area contributed by atoms with Crippen LogP contribution < -0.4 is 30.3 Å². The Morgan fingerprint density at radius 3 is 2.37 bits per heavy atom. The summed E-state index contributed by atoms with van der Waals surface area (Å²) in [7, 11) is 6.05. The van der Waals surface area contributed by atoms with Crippen LogP contribution in [0, 0.1) is 0 Å². The van der Waals surface area contributed by atoms with Crippen molar-refractivity contribution in [3.05, 3.63) is 47.4 Å². The molecular weight excluding hydrogens is 499 g/mol. The minimum atomic E-state index is -0.592. The molecule has 184 valence electrons. The highest BCUT2D eigenvalue weighted by Gasteiger charge is 2.22. The predicted molar refractivity (Wildman–Crippen MR) is 134 cm³/mol. The van der Waals surface area contributed by atoms with Gasteiger partial charge < -0.3 is 25.4 Å². The maximum Gasteiger partial charge on any atom is 0.327 e. The maximum atomic E-state index is 13.0. The van der Waals surface area contributed by atoms with Gasteiger partial charge in [0.1, 0.15) is 45.2 Å². The number of ether oxygens (including phenoxy) is 2. The summed E-state index contributed by atoms with van der Waals surface area (Å²) in [6.07, 6.45) is 4.02. The molecule has 1 aromatic carbocycles. The molecule has 35 heavy (non-hydrogen) atoms. The Kier molecular flexibility index (Phi) is 7.99. The number of amides is 3. The highest BCUT2D eigenvalue weighted by Crippen LogP contribution is 2.44. The molecule has 0 atom stereocenters. The lowest BCUT2D eigenvalue weighted by molar-refractivity contribution is -0.111. The van der Waals surface area contributed by atoms with Gasteiger partial charge in [0.15, 0.2) is 5.82 Å². The fraction of sp³-hybridized carbons (Fsp3) is 0.190. The van der Waals surface area contributed by atoms with Gasteiger partial charge >= 0.3 is 6.03 Å². The van der Waals surface area contributed by atoms with Crippen molar-refractivity contribution in [3.8, 4) is 11.5 Å². The number of hydrogen-bond acceptors (Lipinski definition) is 8. The van der Waals surface area contributed by atoms with Crippen LogP contribution in [0.3, 0.4) is 0 Å². The molecule has 0 aliphatic heterocycles. The summed E-state index contributed by atoms with van der Waals surface area (Å²) in [6, 6.07) is 2.43. The van der Waals surface area contributed by atoms with Gasteiger partial charge in [-0.3, -0.25) is 14.4 Å². The number of urea groups is 1. The average molecular weight is 521 g/mol. The maximum absolute atomic E-state index is 13.0. The first kappa shape index (κ1) is 25.6. The topological polar surface area (TPSA) is 136 Å². The number of benzene rings is 1. The van der Waals surface area contributed by atoms with E-state index in [0.29, 0.717) is 17.3 Å². The molecule has 0 radical (unpaired) electrons. The van der Waals surface area contributed by atoms with E-state index in [-0.39, 0.29) is 33.0 Å². The van der Waals surface area contributed by atoms with Crippen molar-refractivity contribution in [2.75, 3.05) is 42.1 Å². The quantitative estimate of drug-likeness (QED) is 0.378. The number of methoxy groups -OCH3 is 2. The Labute approximate surface area is 210 Å². The van der Waals surface area contributed by atoms with Gasteiger partial charge in [0, 0.05) is 26.2 Å². The number of anilines is 5. The minimum Gasteiger partial charge on any atom is -0.495 e. The fourth-order valence-electron chi connectivity index (χ4n) is 2.87. The second kappa shape index (κ2) is 10.9. The zero-order chi connectivity index (χ0) is 25.7. The first-order valence-electron chi connectivity index (χ1n) is 9.89. The zero-order valence-corrected chi connectivity index (χ0v) is 20.7. The third-order valence-corrected chi connectivity index (χ3v) is 5.38. The third kappa shape index (κ3) is 5.73. The monoisotopic (exact) mass is 520 g/mol. The lowest BCUT2D eigenvalue weighted by Crippen LogP contribution is -2.32. The van der Waals surface area contributed by atoms with Gasteiger partial charge in [-0.1, -0.05) is 29.8 Å². The average Bonchev–Trinajstić information content (AvgIpc) is 3.19. The summed E-state index contributed by atoms with van der Waals surface area (Å²) < 4.78 is 12.0. The number of aromatic nitrogens is 4. The summed E-state index contributed by atoms with van der Waals surface area (Å²) in [5.74, 6) is 1.05. The Morgan fingerprint density at radius 2 is 1.77 bits per heavy atom. The van der Waals surface area contributed by atoms with Crippen LogP contribution in [0.25, 0.3) is 0 Å². The van der Waals surface area contributed by atoms with E-state index in [4.69, 9.17) is 32.7 Å². The van der Waals surface area contributed by atoms with E-state index in [1.54, 1.807) is 13.2 Å². The summed E-state index contributed by atoms with van der Waals surface area (Å²) in [4.78, 5) is 34.2. The molecule has 3 rings (SSSR count). The second-order valence-electron chi connectivity index (χ2n) is 6.92. The predicted octanol–water partition coefficient (Wildman–Crippen LogP) is 4.07. The van der Waals surface area contributed by atoms with Gasteiger partial charge in [0.05, 0.1) is 26.1 Å². The molecule has 2 heterocycles. The first-order valence-corrected chi connectivity index (χ1v) is 10.6. The lowest BCUT2D eigenvalue weighted by Gasteiger charge is -2.20. The first-order chi connectivity index (χ1) is 16.7. The zero-order valence-electron chi connectivity index (χ0n) is 19.2. The molecule has 2 aromatic heterocycles. The molecule has 0 aliphatic rings. The Hall–Kier alpha value is -4.03. The van der Waals surface area contributed by atoms with Gasteiger partial charge in [-0.05, 0) is 6.08 Å². The largest absolute Gasteiger partial charge is 0.495 e. The number of nitrogens with one attached hydrogen (secondary N) is 3. The van der Waals surface area contributed by atoms with Crippen molar-refractivity contribution in [2.45, 2.75) is 0 Å². The molecular formula is C21H22Cl2N8O4. The van der Waals surface area contributed by atoms with Crippen molar-refractivity contribution in [1.82, 2.24) is 19.7 Å². The van der Waals surface area contributed by atoms with Gasteiger partial charge in [0.25, 0.3) is 0 Å². The number of carbonyl (C=O) groups excluding carboxylic acids is 2. The Balaban J connectivity index is 1.83. The van der Waals surface area contributed by atoms with Crippen LogP contribution in [0.1, 0.15) is 0 Å². The van der Waals surface area contributed by atoms with Crippen LogP contribution in [0.5, 0.6) is 11.5 Å². The van der Waals surface area contributed by atoms with E-state index in [2.05, 4.69) is 37.6 Å². The molecule has 0 saturated carbocycles. The van der Waals surface area contributed by atoms with E-state index in [1.165, 1.54) is 49.3 Å². The van der Waals surface area contributed by atoms with Crippen molar-refractivity contribution in [2.24, 2.45) is 7.05 Å². The van der Waals surface area contributed by atoms with Crippen molar-refractivity contribution in [1.29, 1.82) is 0 Å². The normalized spacial score (nSPS) is 10.3. The SMILES string of the molecule is C=CC(=O)Nc1cn(C)nc1Nc1cc(N(C)C(=O)Nc2c(Cl)c(OC)cc(OC)c2Cl)ncn1. The molecule has 0 bridgehead atoms. The number of rotatable bonds is 8. The van der Waals surface area contributed by atoms with E-state index < -0.39 is 11.9 Å². The number of hydrogen-bond donors (Lipinski definition) is 3. The van der Waals surface area contributed by atoms with Crippen LogP contribution in [-0.2, 0) is 11.8 Å². The van der Waals surface area contributed by atoms with Gasteiger partial charge in [-0.25, -0.2) is 14.8 Å². The fourth-order valence-corrected chi connectivity index (χ4v) is 3.46. The molecule has 3 N–H and O–H groups in total. The van der Waals surface area contributed by atoms with E-state index in [1.807, 2.05) is 0 Å². The van der Waals surface area contributed by atoms with Crippen LogP contribution in [0.2, 0.25) is 10.0 Å². The molecule has 3 aromatic rings. The highest BCUT2D eigenvalue weighted by atomic mass is 35.5. The number of nitrogens with zero attached hydrogens (tertiary/aromatic N) is 5. The van der Waals surface area contributed by atoms with Crippen LogP contribution in [-0.4, -0.2) is 53.0 Å². The van der Waals surface area contributed by atoms with E-state index in [9.17, 15) is 9.59 Å². The van der Waals surface area contributed by atoms with Crippen LogP contribution in [0.15, 0.2) is 37.3 Å². The van der Waals surface area contributed by atoms with Crippen molar-refractivity contribution < 1.29 is 19.1 Å².